The topological polar surface area (TPSA) is 74.6 Å². The molecule has 0 saturated heterocycles. The van der Waals surface area contributed by atoms with Crippen molar-refractivity contribution >= 4 is 11.9 Å². The molecule has 0 amide bonds. The Kier molecular flexibility index (Phi) is 8.51. The van der Waals surface area contributed by atoms with Gasteiger partial charge in [0.15, 0.2) is 0 Å². The first kappa shape index (κ1) is 20.2. The van der Waals surface area contributed by atoms with Gasteiger partial charge in [-0.3, -0.25) is 0 Å². The number of unbranched alkanes of at least 4 members (excludes halogenated alkanes) is 3. The molecule has 0 heterocycles. The number of aromatic carboxylic acids is 2. The highest BCUT2D eigenvalue weighted by molar-refractivity contribution is 6.03. The van der Waals surface area contributed by atoms with Gasteiger partial charge in [-0.1, -0.05) is 52.5 Å². The molecule has 134 valence electrons. The fourth-order valence-electron chi connectivity index (χ4n) is 3.03. The summed E-state index contributed by atoms with van der Waals surface area (Å²) in [5.41, 5.74) is 1.60. The highest BCUT2D eigenvalue weighted by Crippen LogP contribution is 2.24. The fourth-order valence-corrected chi connectivity index (χ4v) is 3.03. The lowest BCUT2D eigenvalue weighted by atomic mass is 9.89. The number of carboxylic acids is 2. The summed E-state index contributed by atoms with van der Waals surface area (Å²) in [7, 11) is 0. The van der Waals surface area contributed by atoms with E-state index in [0.717, 1.165) is 49.7 Å². The van der Waals surface area contributed by atoms with Crippen LogP contribution >= 0.6 is 0 Å². The van der Waals surface area contributed by atoms with Crippen LogP contribution in [0.5, 0.6) is 0 Å². The first-order chi connectivity index (χ1) is 11.4. The number of carboxylic acid groups (broad SMARTS) is 2. The fraction of sp³-hybridized carbons (Fsp3) is 0.600. The largest absolute Gasteiger partial charge is 0.478 e. The van der Waals surface area contributed by atoms with Gasteiger partial charge in [-0.25, -0.2) is 9.59 Å². The third-order valence-electron chi connectivity index (χ3n) is 4.36. The summed E-state index contributed by atoms with van der Waals surface area (Å²) in [5, 5.41) is 18.9. The van der Waals surface area contributed by atoms with Crippen molar-refractivity contribution in [1.82, 2.24) is 0 Å². The van der Waals surface area contributed by atoms with Crippen LogP contribution in [0.4, 0.5) is 0 Å². The standard InChI is InChI=1S/C20H30O4/c1-4-5-10-15-12-13-17(19(21)22)18(20(23)24)16(15)11-8-6-7-9-14(2)3/h12-14H,4-11H2,1-3H3,(H,21,22)(H,23,24). The van der Waals surface area contributed by atoms with Gasteiger partial charge in [0.2, 0.25) is 0 Å². The number of hydrogen-bond acceptors (Lipinski definition) is 2. The van der Waals surface area contributed by atoms with Crippen LogP contribution in [0.3, 0.4) is 0 Å². The minimum Gasteiger partial charge on any atom is -0.478 e. The summed E-state index contributed by atoms with van der Waals surface area (Å²) in [6.45, 7) is 6.48. The molecule has 0 aliphatic heterocycles. The average molecular weight is 334 g/mol. The van der Waals surface area contributed by atoms with Crippen LogP contribution in [0, 0.1) is 5.92 Å². The van der Waals surface area contributed by atoms with Gasteiger partial charge in [0, 0.05) is 0 Å². The zero-order chi connectivity index (χ0) is 18.1. The SMILES string of the molecule is CCCCc1ccc(C(=O)O)c(C(=O)O)c1CCCCCC(C)C. The molecule has 4 heteroatoms. The third kappa shape index (κ3) is 5.99. The predicted octanol–water partition coefficient (Wildman–Crippen LogP) is 5.18. The lowest BCUT2D eigenvalue weighted by Gasteiger charge is -2.15. The van der Waals surface area contributed by atoms with Crippen LogP contribution in [0.15, 0.2) is 12.1 Å². The van der Waals surface area contributed by atoms with E-state index in [4.69, 9.17) is 0 Å². The lowest BCUT2D eigenvalue weighted by Crippen LogP contribution is -2.14. The molecule has 1 aromatic rings. The van der Waals surface area contributed by atoms with Gasteiger partial charge < -0.3 is 10.2 Å². The highest BCUT2D eigenvalue weighted by Gasteiger charge is 2.22. The van der Waals surface area contributed by atoms with Gasteiger partial charge in [-0.05, 0) is 48.8 Å². The molecule has 2 N–H and O–H groups in total. The Bertz CT molecular complexity index is 561. The van der Waals surface area contributed by atoms with E-state index in [1.165, 1.54) is 12.5 Å². The van der Waals surface area contributed by atoms with Gasteiger partial charge >= 0.3 is 11.9 Å². The Hall–Kier alpha value is -1.84. The third-order valence-corrected chi connectivity index (χ3v) is 4.36. The summed E-state index contributed by atoms with van der Waals surface area (Å²) < 4.78 is 0. The molecule has 24 heavy (non-hydrogen) atoms. The van der Waals surface area contributed by atoms with E-state index in [0.29, 0.717) is 12.3 Å². The maximum absolute atomic E-state index is 11.7. The molecule has 0 atom stereocenters. The Labute approximate surface area is 144 Å². The molecule has 0 fully saturated rings. The van der Waals surface area contributed by atoms with Gasteiger partial charge in [-0.2, -0.15) is 0 Å². The Morgan fingerprint density at radius 3 is 2.21 bits per heavy atom. The van der Waals surface area contributed by atoms with E-state index in [9.17, 15) is 19.8 Å². The van der Waals surface area contributed by atoms with Crippen LogP contribution in [-0.4, -0.2) is 22.2 Å². The Morgan fingerprint density at radius 1 is 0.958 bits per heavy atom. The summed E-state index contributed by atoms with van der Waals surface area (Å²) in [5.74, 6) is -1.63. The first-order valence-electron chi connectivity index (χ1n) is 8.99. The van der Waals surface area contributed by atoms with Crippen molar-refractivity contribution in [1.29, 1.82) is 0 Å². The smallest absolute Gasteiger partial charge is 0.336 e. The predicted molar refractivity (Wildman–Crippen MR) is 96.0 cm³/mol. The monoisotopic (exact) mass is 334 g/mol. The average Bonchev–Trinajstić information content (AvgIpc) is 2.51. The molecule has 0 aliphatic rings. The molecule has 1 rings (SSSR count). The van der Waals surface area contributed by atoms with E-state index in [-0.39, 0.29) is 11.1 Å². The number of aryl methyl sites for hydroxylation is 1. The van der Waals surface area contributed by atoms with E-state index in [1.54, 1.807) is 6.07 Å². The molecule has 0 unspecified atom stereocenters. The summed E-state index contributed by atoms with van der Waals surface area (Å²) in [6, 6.07) is 3.24. The quantitative estimate of drug-likeness (QED) is 0.546. The summed E-state index contributed by atoms with van der Waals surface area (Å²) >= 11 is 0. The second-order valence-electron chi connectivity index (χ2n) is 6.83. The van der Waals surface area contributed by atoms with Crippen LogP contribution in [-0.2, 0) is 12.8 Å². The van der Waals surface area contributed by atoms with Gasteiger partial charge in [0.1, 0.15) is 0 Å². The molecule has 0 saturated carbocycles. The van der Waals surface area contributed by atoms with Crippen molar-refractivity contribution in [3.05, 3.63) is 34.4 Å². The minimum atomic E-state index is -1.17. The van der Waals surface area contributed by atoms with Crippen molar-refractivity contribution in [2.24, 2.45) is 5.92 Å². The minimum absolute atomic E-state index is 0.0139. The maximum atomic E-state index is 11.7. The van der Waals surface area contributed by atoms with Crippen LogP contribution in [0.25, 0.3) is 0 Å². The van der Waals surface area contributed by atoms with Crippen LogP contribution < -0.4 is 0 Å². The molecule has 0 aliphatic carbocycles. The lowest BCUT2D eigenvalue weighted by molar-refractivity contribution is 0.0650. The molecular weight excluding hydrogens is 304 g/mol. The van der Waals surface area contributed by atoms with Gasteiger partial charge in [-0.15, -0.1) is 0 Å². The number of benzene rings is 1. The van der Waals surface area contributed by atoms with E-state index in [1.807, 2.05) is 0 Å². The van der Waals surface area contributed by atoms with Gasteiger partial charge in [0.05, 0.1) is 11.1 Å². The van der Waals surface area contributed by atoms with Crippen molar-refractivity contribution in [3.8, 4) is 0 Å². The highest BCUT2D eigenvalue weighted by atomic mass is 16.4. The van der Waals surface area contributed by atoms with E-state index < -0.39 is 11.9 Å². The maximum Gasteiger partial charge on any atom is 0.336 e. The summed E-state index contributed by atoms with van der Waals surface area (Å²) in [4.78, 5) is 23.1. The molecule has 1 aromatic carbocycles. The zero-order valence-electron chi connectivity index (χ0n) is 15.1. The van der Waals surface area contributed by atoms with Crippen LogP contribution in [0.1, 0.15) is 91.1 Å². The molecule has 4 nitrogen and oxygen atoms in total. The number of rotatable bonds is 11. The summed E-state index contributed by atoms with van der Waals surface area (Å²) in [6.07, 6.45) is 7.68. The van der Waals surface area contributed by atoms with E-state index >= 15 is 0 Å². The molecule has 0 radical (unpaired) electrons. The number of carbonyl (C=O) groups is 2. The number of hydrogen-bond donors (Lipinski definition) is 2. The molecular formula is C20H30O4. The Morgan fingerprint density at radius 2 is 1.67 bits per heavy atom. The molecule has 0 bridgehead atoms. The zero-order valence-corrected chi connectivity index (χ0v) is 15.1. The first-order valence-corrected chi connectivity index (χ1v) is 8.99. The second-order valence-corrected chi connectivity index (χ2v) is 6.83. The van der Waals surface area contributed by atoms with E-state index in [2.05, 4.69) is 20.8 Å². The Balaban J connectivity index is 3.03. The van der Waals surface area contributed by atoms with Crippen LogP contribution in [0.2, 0.25) is 0 Å². The van der Waals surface area contributed by atoms with Crippen molar-refractivity contribution in [3.63, 3.8) is 0 Å². The molecule has 0 aromatic heterocycles. The molecule has 0 spiro atoms. The van der Waals surface area contributed by atoms with Gasteiger partial charge in [0.25, 0.3) is 0 Å². The normalized spacial score (nSPS) is 11.0. The van der Waals surface area contributed by atoms with Crippen molar-refractivity contribution < 1.29 is 19.8 Å². The second kappa shape index (κ2) is 10.1. The van der Waals surface area contributed by atoms with Crippen molar-refractivity contribution in [2.45, 2.75) is 72.1 Å². The van der Waals surface area contributed by atoms with Crippen molar-refractivity contribution in [2.75, 3.05) is 0 Å².